The van der Waals surface area contributed by atoms with Gasteiger partial charge in [-0.1, -0.05) is 136 Å². The Bertz CT molecular complexity index is 967. The Morgan fingerprint density at radius 3 is 1.88 bits per heavy atom. The van der Waals surface area contributed by atoms with Gasteiger partial charge in [0.2, 0.25) is 0 Å². The van der Waals surface area contributed by atoms with Crippen LogP contribution in [-0.4, -0.2) is 0 Å². The fourth-order valence-corrected chi connectivity index (χ4v) is 4.40. The summed E-state index contributed by atoms with van der Waals surface area (Å²) in [5.74, 6) is 0.626. The van der Waals surface area contributed by atoms with Crippen LogP contribution in [0, 0.1) is 20.8 Å². The summed E-state index contributed by atoms with van der Waals surface area (Å²) >= 11 is 0. The van der Waals surface area contributed by atoms with Crippen LogP contribution in [0.2, 0.25) is 0 Å². The van der Waals surface area contributed by atoms with Crippen LogP contribution in [0.5, 0.6) is 0 Å². The summed E-state index contributed by atoms with van der Waals surface area (Å²) in [6, 6.07) is 30.6. The zero-order chi connectivity index (χ0) is 23.9. The molecule has 0 aromatic heterocycles. The molecule has 2 aromatic rings. The fourth-order valence-electron chi connectivity index (χ4n) is 4.40. The van der Waals surface area contributed by atoms with Crippen molar-refractivity contribution in [1.82, 2.24) is 0 Å². The first-order valence-corrected chi connectivity index (χ1v) is 12.9. The second-order valence-electron chi connectivity index (χ2n) is 9.22. The second kappa shape index (κ2) is 15.3. The van der Waals surface area contributed by atoms with Crippen LogP contribution in [0.15, 0.2) is 84.9 Å². The molecule has 0 fully saturated rings. The van der Waals surface area contributed by atoms with Gasteiger partial charge < -0.3 is 0 Å². The highest BCUT2D eigenvalue weighted by Gasteiger charge is 2.11. The van der Waals surface area contributed by atoms with Crippen molar-refractivity contribution in [3.63, 3.8) is 0 Å². The third kappa shape index (κ3) is 9.42. The molecule has 0 saturated carbocycles. The van der Waals surface area contributed by atoms with Crippen LogP contribution in [0.4, 0.5) is 0 Å². The van der Waals surface area contributed by atoms with Gasteiger partial charge in [-0.3, -0.25) is 0 Å². The van der Waals surface area contributed by atoms with E-state index in [2.05, 4.69) is 120 Å². The van der Waals surface area contributed by atoms with E-state index in [0.717, 1.165) is 0 Å². The average molecular weight is 441 g/mol. The molecule has 0 heterocycles. The third-order valence-electron chi connectivity index (χ3n) is 6.55. The molecule has 2 rings (SSSR count). The lowest BCUT2D eigenvalue weighted by molar-refractivity contribution is 0.533. The van der Waals surface area contributed by atoms with E-state index in [4.69, 9.17) is 0 Å². The zero-order valence-electron chi connectivity index (χ0n) is 21.6. The first kappa shape index (κ1) is 26.7. The summed E-state index contributed by atoms with van der Waals surface area (Å²) in [5, 5.41) is 0. The first-order valence-electron chi connectivity index (χ1n) is 12.9. The first-order chi connectivity index (χ1) is 16.1. The number of hydrogen-bond acceptors (Lipinski definition) is 0. The maximum absolute atomic E-state index is 2.36. The molecule has 0 bridgehead atoms. The van der Waals surface area contributed by atoms with E-state index in [1.54, 1.807) is 0 Å². The highest BCUT2D eigenvalue weighted by atomic mass is 14.2. The maximum atomic E-state index is 2.36. The lowest BCUT2D eigenvalue weighted by atomic mass is 9.87. The molecule has 2 aromatic carbocycles. The van der Waals surface area contributed by atoms with E-state index in [-0.39, 0.29) is 0 Å². The molecule has 0 saturated heterocycles. The van der Waals surface area contributed by atoms with Crippen molar-refractivity contribution in [2.75, 3.05) is 0 Å². The van der Waals surface area contributed by atoms with Gasteiger partial charge >= 0.3 is 0 Å². The molecule has 1 atom stereocenters. The smallest absolute Gasteiger partial charge is 0.0162 e. The average Bonchev–Trinajstić information content (AvgIpc) is 2.81. The summed E-state index contributed by atoms with van der Waals surface area (Å²) in [4.78, 5) is 0. The molecular formula is C33H44. The normalized spacial score (nSPS) is 11.3. The molecule has 0 radical (unpaired) electrons. The van der Waals surface area contributed by atoms with Gasteiger partial charge in [0, 0.05) is 0 Å². The Labute approximate surface area is 203 Å². The van der Waals surface area contributed by atoms with E-state index in [1.807, 2.05) is 0 Å². The quantitative estimate of drug-likeness (QED) is 0.340. The van der Waals surface area contributed by atoms with E-state index in [9.17, 15) is 0 Å². The lowest BCUT2D eigenvalue weighted by Crippen LogP contribution is -2.00. The molecule has 33 heavy (non-hydrogen) atoms. The Morgan fingerprint density at radius 2 is 1.18 bits per heavy atom. The minimum Gasteiger partial charge on any atom is -0.0654 e. The van der Waals surface area contributed by atoms with Gasteiger partial charge in [-0.2, -0.15) is 0 Å². The fraction of sp³-hybridized carbons (Fsp3) is 0.394. The van der Waals surface area contributed by atoms with Crippen LogP contribution in [-0.2, 0) is 0 Å². The lowest BCUT2D eigenvalue weighted by Gasteiger charge is -2.18. The van der Waals surface area contributed by atoms with Gasteiger partial charge in [0.25, 0.3) is 0 Å². The standard InChI is InChI=1S/C33H44/c1-6-8-9-11-16-21-30(7-2)33-24-19-14-18-23-32(26-28(4)29(33)5)31-22-17-13-10-12-15-20-27(3)25-31/h10,12-15,17-20,22-26,30H,6-9,11,16,21H2,1-5H3. The van der Waals surface area contributed by atoms with Crippen LogP contribution in [0.3, 0.4) is 0 Å². The highest BCUT2D eigenvalue weighted by Crippen LogP contribution is 2.29. The van der Waals surface area contributed by atoms with E-state index < -0.39 is 0 Å². The number of aryl methyl sites for hydroxylation is 2. The van der Waals surface area contributed by atoms with Gasteiger partial charge in [-0.25, -0.2) is 0 Å². The molecule has 0 heteroatoms. The number of rotatable bonds is 9. The van der Waals surface area contributed by atoms with E-state index in [0.29, 0.717) is 5.92 Å². The minimum atomic E-state index is 0.626. The number of unbranched alkanes of at least 4 members (excludes halogenated alkanes) is 4. The Morgan fingerprint density at radius 1 is 0.606 bits per heavy atom. The van der Waals surface area contributed by atoms with Crippen LogP contribution in [0.25, 0.3) is 11.1 Å². The molecule has 0 nitrogen and oxygen atoms in total. The van der Waals surface area contributed by atoms with Gasteiger partial charge in [0.1, 0.15) is 0 Å². The number of hydrogen-bond donors (Lipinski definition) is 0. The van der Waals surface area contributed by atoms with Crippen molar-refractivity contribution in [2.45, 2.75) is 85.5 Å². The van der Waals surface area contributed by atoms with Crippen molar-refractivity contribution < 1.29 is 0 Å². The predicted molar refractivity (Wildman–Crippen MR) is 148 cm³/mol. The minimum absolute atomic E-state index is 0.626. The summed E-state index contributed by atoms with van der Waals surface area (Å²) in [6.07, 6.45) is 9.22. The maximum Gasteiger partial charge on any atom is -0.0162 e. The summed E-state index contributed by atoms with van der Waals surface area (Å²) in [6.45, 7) is 11.4. The van der Waals surface area contributed by atoms with Crippen molar-refractivity contribution in [3.05, 3.63) is 107 Å². The third-order valence-corrected chi connectivity index (χ3v) is 6.55. The molecular weight excluding hydrogens is 396 g/mol. The predicted octanol–water partition coefficient (Wildman–Crippen LogP) is 10.4. The summed E-state index contributed by atoms with van der Waals surface area (Å²) in [5.41, 5.74) is 8.00. The molecule has 0 amide bonds. The highest BCUT2D eigenvalue weighted by molar-refractivity contribution is 5.63. The van der Waals surface area contributed by atoms with Gasteiger partial charge in [0.15, 0.2) is 0 Å². The van der Waals surface area contributed by atoms with E-state index in [1.165, 1.54) is 78.3 Å². The Kier molecular flexibility index (Phi) is 12.3. The van der Waals surface area contributed by atoms with Crippen LogP contribution in [0.1, 0.15) is 87.0 Å². The van der Waals surface area contributed by atoms with Gasteiger partial charge in [0.05, 0.1) is 0 Å². The SMILES string of the molecule is CCCCCCCC(CC)c1cccccc(-c2cccccccc(C)c2)cc(C)c1C. The van der Waals surface area contributed by atoms with E-state index >= 15 is 0 Å². The summed E-state index contributed by atoms with van der Waals surface area (Å²) < 4.78 is 0. The zero-order valence-corrected chi connectivity index (χ0v) is 21.6. The van der Waals surface area contributed by atoms with Crippen LogP contribution >= 0.6 is 0 Å². The second-order valence-corrected chi connectivity index (χ2v) is 9.22. The van der Waals surface area contributed by atoms with Crippen molar-refractivity contribution in [1.29, 1.82) is 0 Å². The molecule has 176 valence electrons. The summed E-state index contributed by atoms with van der Waals surface area (Å²) in [7, 11) is 0. The molecule has 1 unspecified atom stereocenters. The molecule has 0 N–H and O–H groups in total. The monoisotopic (exact) mass is 440 g/mol. The molecule has 0 aliphatic heterocycles. The molecule has 0 aliphatic carbocycles. The van der Waals surface area contributed by atoms with Crippen molar-refractivity contribution in [2.24, 2.45) is 0 Å². The topological polar surface area (TPSA) is 0 Å². The Balaban J connectivity index is 2.53. The molecule has 0 aliphatic rings. The molecule has 0 spiro atoms. The Hall–Kier alpha value is -2.60. The van der Waals surface area contributed by atoms with Crippen molar-refractivity contribution >= 4 is 0 Å². The van der Waals surface area contributed by atoms with Crippen molar-refractivity contribution in [3.8, 4) is 11.1 Å². The van der Waals surface area contributed by atoms with Gasteiger partial charge in [-0.05, 0) is 67.3 Å². The van der Waals surface area contributed by atoms with Crippen LogP contribution < -0.4 is 0 Å². The van der Waals surface area contributed by atoms with Gasteiger partial charge in [-0.15, -0.1) is 0 Å². The largest absolute Gasteiger partial charge is 0.0654 e.